The van der Waals surface area contributed by atoms with E-state index in [1.54, 1.807) is 26.0 Å². The number of rotatable bonds is 4. The Morgan fingerprint density at radius 2 is 2.18 bits per heavy atom. The molecule has 0 amide bonds. The number of benzene rings is 1. The average molecular weight is 302 g/mol. The molecule has 0 saturated heterocycles. The second kappa shape index (κ2) is 5.77. The molecule has 1 aromatic carbocycles. The maximum absolute atomic E-state index is 11.3. The molecule has 1 rings (SSSR count). The summed E-state index contributed by atoms with van der Waals surface area (Å²) < 4.78 is 5.22. The molecule has 0 radical (unpaired) electrons. The predicted molar refractivity (Wildman–Crippen MR) is 65.9 cm³/mol. The number of hydrogen-bond donors (Lipinski definition) is 0. The Morgan fingerprint density at radius 3 is 2.71 bits per heavy atom. The van der Waals surface area contributed by atoms with E-state index in [0.29, 0.717) is 22.2 Å². The van der Waals surface area contributed by atoms with Crippen LogP contribution in [0.15, 0.2) is 16.6 Å². The summed E-state index contributed by atoms with van der Waals surface area (Å²) in [6.45, 7) is 3.64. The summed E-state index contributed by atoms with van der Waals surface area (Å²) in [6, 6.07) is 3.25. The van der Waals surface area contributed by atoms with E-state index in [1.807, 2.05) is 0 Å². The number of carbonyl (C=O) groups excluding carboxylic acids is 1. The van der Waals surface area contributed by atoms with Crippen LogP contribution in [0.5, 0.6) is 0 Å². The molecule has 92 valence electrons. The molecule has 0 atom stereocenters. The Morgan fingerprint density at radius 1 is 1.53 bits per heavy atom. The summed E-state index contributed by atoms with van der Waals surface area (Å²) in [5.41, 5.74) is 1.09. The number of nitro benzene ring substituents is 1. The molecule has 0 aliphatic carbocycles. The summed E-state index contributed by atoms with van der Waals surface area (Å²) >= 11 is 3.12. The summed E-state index contributed by atoms with van der Waals surface area (Å²) in [6.07, 6.45) is 0.0494. The van der Waals surface area contributed by atoms with Crippen molar-refractivity contribution in [3.8, 4) is 0 Å². The highest BCUT2D eigenvalue weighted by atomic mass is 79.9. The fraction of sp³-hybridized carbons (Fsp3) is 0.364. The minimum absolute atomic E-state index is 0.00759. The van der Waals surface area contributed by atoms with Gasteiger partial charge in [-0.3, -0.25) is 14.9 Å². The lowest BCUT2D eigenvalue weighted by Gasteiger charge is -2.07. The van der Waals surface area contributed by atoms with Crippen molar-refractivity contribution < 1.29 is 14.5 Å². The van der Waals surface area contributed by atoms with Gasteiger partial charge in [-0.2, -0.15) is 0 Å². The zero-order valence-corrected chi connectivity index (χ0v) is 11.1. The molecule has 6 heteroatoms. The number of carbonyl (C=O) groups is 1. The summed E-state index contributed by atoms with van der Waals surface area (Å²) in [7, 11) is 0. The Bertz CT molecular complexity index is 459. The van der Waals surface area contributed by atoms with E-state index in [-0.39, 0.29) is 18.1 Å². The van der Waals surface area contributed by atoms with Gasteiger partial charge in [0.05, 0.1) is 22.4 Å². The molecule has 1 aromatic rings. The van der Waals surface area contributed by atoms with Crippen LogP contribution in [0.2, 0.25) is 0 Å². The van der Waals surface area contributed by atoms with Crippen LogP contribution in [0.25, 0.3) is 0 Å². The van der Waals surface area contributed by atoms with Crippen LogP contribution in [0, 0.1) is 17.0 Å². The number of esters is 1. The molecular weight excluding hydrogens is 290 g/mol. The minimum atomic E-state index is -0.464. The number of nitro groups is 1. The van der Waals surface area contributed by atoms with Gasteiger partial charge in [-0.1, -0.05) is 6.07 Å². The third kappa shape index (κ3) is 3.26. The lowest BCUT2D eigenvalue weighted by molar-refractivity contribution is -0.386. The van der Waals surface area contributed by atoms with Gasteiger partial charge in [0.25, 0.3) is 5.69 Å². The summed E-state index contributed by atoms with van der Waals surface area (Å²) in [5, 5.41) is 10.9. The third-order valence-electron chi connectivity index (χ3n) is 2.32. The lowest BCUT2D eigenvalue weighted by atomic mass is 10.0. The van der Waals surface area contributed by atoms with Crippen molar-refractivity contribution in [3.05, 3.63) is 37.8 Å². The topological polar surface area (TPSA) is 69.4 Å². The van der Waals surface area contributed by atoms with E-state index >= 15 is 0 Å². The van der Waals surface area contributed by atoms with E-state index in [2.05, 4.69) is 15.9 Å². The van der Waals surface area contributed by atoms with Gasteiger partial charge in [0.2, 0.25) is 0 Å². The molecule has 0 fully saturated rings. The lowest BCUT2D eigenvalue weighted by Crippen LogP contribution is -2.09. The smallest absolute Gasteiger partial charge is 0.310 e. The van der Waals surface area contributed by atoms with Crippen LogP contribution >= 0.6 is 15.9 Å². The van der Waals surface area contributed by atoms with Crippen molar-refractivity contribution in [3.63, 3.8) is 0 Å². The maximum atomic E-state index is 11.3. The zero-order chi connectivity index (χ0) is 13.0. The first-order chi connectivity index (χ1) is 7.97. The normalized spacial score (nSPS) is 10.1. The molecule has 0 unspecified atom stereocenters. The average Bonchev–Trinajstić information content (AvgIpc) is 2.22. The van der Waals surface area contributed by atoms with Gasteiger partial charge in [-0.05, 0) is 41.4 Å². The fourth-order valence-corrected chi connectivity index (χ4v) is 2.07. The molecule has 0 N–H and O–H groups in total. The number of halogens is 1. The molecule has 0 bridgehead atoms. The molecule has 0 spiro atoms. The minimum Gasteiger partial charge on any atom is -0.466 e. The van der Waals surface area contributed by atoms with Crippen LogP contribution < -0.4 is 0 Å². The first kappa shape index (κ1) is 13.6. The van der Waals surface area contributed by atoms with Crippen molar-refractivity contribution in [2.75, 3.05) is 6.61 Å². The van der Waals surface area contributed by atoms with Crippen molar-refractivity contribution in [2.24, 2.45) is 0 Å². The largest absolute Gasteiger partial charge is 0.466 e. The van der Waals surface area contributed by atoms with Gasteiger partial charge in [-0.15, -0.1) is 0 Å². The van der Waals surface area contributed by atoms with E-state index in [4.69, 9.17) is 4.74 Å². The van der Waals surface area contributed by atoms with Gasteiger partial charge < -0.3 is 4.74 Å². The summed E-state index contributed by atoms with van der Waals surface area (Å²) in [5.74, 6) is -0.382. The van der Waals surface area contributed by atoms with Gasteiger partial charge >= 0.3 is 5.97 Å². The van der Waals surface area contributed by atoms with E-state index in [0.717, 1.165) is 0 Å². The molecular formula is C11H12BrNO4. The zero-order valence-electron chi connectivity index (χ0n) is 9.53. The Balaban J connectivity index is 3.07. The number of hydrogen-bond acceptors (Lipinski definition) is 4. The molecule has 5 nitrogen and oxygen atoms in total. The van der Waals surface area contributed by atoms with Crippen LogP contribution in [-0.2, 0) is 16.0 Å². The van der Waals surface area contributed by atoms with Crippen molar-refractivity contribution >= 4 is 27.6 Å². The third-order valence-corrected chi connectivity index (χ3v) is 2.96. The first-order valence-electron chi connectivity index (χ1n) is 5.05. The van der Waals surface area contributed by atoms with E-state index < -0.39 is 4.92 Å². The Hall–Kier alpha value is -1.43. The van der Waals surface area contributed by atoms with Gasteiger partial charge in [0.1, 0.15) is 0 Å². The quantitative estimate of drug-likeness (QED) is 0.487. The van der Waals surface area contributed by atoms with Crippen LogP contribution in [0.1, 0.15) is 18.1 Å². The highest BCUT2D eigenvalue weighted by Gasteiger charge is 2.19. The number of nitrogens with zero attached hydrogens (tertiary/aromatic N) is 1. The molecule has 0 aliphatic heterocycles. The van der Waals surface area contributed by atoms with Crippen LogP contribution in [0.4, 0.5) is 5.69 Å². The monoisotopic (exact) mass is 301 g/mol. The van der Waals surface area contributed by atoms with Gasteiger partial charge in [0.15, 0.2) is 0 Å². The molecule has 0 heterocycles. The first-order valence-corrected chi connectivity index (χ1v) is 5.84. The van der Waals surface area contributed by atoms with E-state index in [1.165, 1.54) is 0 Å². The molecule has 0 aromatic heterocycles. The fourth-order valence-electron chi connectivity index (χ4n) is 1.49. The van der Waals surface area contributed by atoms with Gasteiger partial charge in [-0.25, -0.2) is 0 Å². The highest BCUT2D eigenvalue weighted by Crippen LogP contribution is 2.30. The summed E-state index contributed by atoms with van der Waals surface area (Å²) in [4.78, 5) is 21.7. The Labute approximate surface area is 107 Å². The van der Waals surface area contributed by atoms with E-state index in [9.17, 15) is 14.9 Å². The highest BCUT2D eigenvalue weighted by molar-refractivity contribution is 9.10. The molecule has 0 saturated carbocycles. The standard InChI is InChI=1S/C11H12BrNO4/c1-3-17-10(14)6-8-4-5-9(12)11(7(8)2)13(15)16/h4-5H,3,6H2,1-2H3. The second-order valence-electron chi connectivity index (χ2n) is 3.42. The second-order valence-corrected chi connectivity index (χ2v) is 4.27. The molecule has 17 heavy (non-hydrogen) atoms. The van der Waals surface area contributed by atoms with Crippen molar-refractivity contribution in [2.45, 2.75) is 20.3 Å². The van der Waals surface area contributed by atoms with Crippen molar-refractivity contribution in [1.29, 1.82) is 0 Å². The number of ether oxygens (including phenoxy) is 1. The Kier molecular flexibility index (Phi) is 4.62. The predicted octanol–water partition coefficient (Wildman–Crippen LogP) is 2.77. The van der Waals surface area contributed by atoms with Crippen LogP contribution in [-0.4, -0.2) is 17.5 Å². The maximum Gasteiger partial charge on any atom is 0.310 e. The molecule has 0 aliphatic rings. The SMILES string of the molecule is CCOC(=O)Cc1ccc(Br)c([N+](=O)[O-])c1C. The van der Waals surface area contributed by atoms with Gasteiger partial charge in [0, 0.05) is 5.56 Å². The van der Waals surface area contributed by atoms with Crippen molar-refractivity contribution in [1.82, 2.24) is 0 Å². The van der Waals surface area contributed by atoms with Crippen LogP contribution in [0.3, 0.4) is 0 Å².